The lowest BCUT2D eigenvalue weighted by atomic mass is 9.69. The molecule has 6 aromatic rings. The highest BCUT2D eigenvalue weighted by molar-refractivity contribution is 7.88. The molecule has 0 spiro atoms. The van der Waals surface area contributed by atoms with E-state index in [1.807, 2.05) is 44.2 Å². The molecule has 2 aliphatic heterocycles. The van der Waals surface area contributed by atoms with Gasteiger partial charge in [0.1, 0.15) is 39.8 Å². The standard InChI is InChI=1S/C20H16F3N3O5S2.C20H16N4O2S/c1-19(2,17(27)25-18-26-24-10-32-18)16-12-5-3-4-6-14(12)30-15-9-11(7-8-13(15)16)31-33(28,29)20(21,22)23;1-20(2,18(25)23-19-24-22-11-27-19)17-13-6-4-5-7-15(13)26-16-10-12(21-3)8-9-14(16)17/h3-10,16H,1-2H3,(H,25,26,27);4-11,17H,1-2H3,(H,23,24,25)/t16-;17-/m00/s1. The maximum atomic E-state index is 13.2. The quantitative estimate of drug-likeness (QED) is 0.0846. The molecule has 0 fully saturated rings. The Labute approximate surface area is 349 Å². The van der Waals surface area contributed by atoms with Crippen molar-refractivity contribution in [3.05, 3.63) is 130 Å². The number of amides is 2. The number of carbonyl (C=O) groups excluding carboxylic acids is 2. The van der Waals surface area contributed by atoms with Crippen molar-refractivity contribution in [1.29, 1.82) is 0 Å². The Hall–Kier alpha value is -6.43. The summed E-state index contributed by atoms with van der Waals surface area (Å²) in [4.78, 5) is 29.8. The van der Waals surface area contributed by atoms with Crippen molar-refractivity contribution in [3.63, 3.8) is 0 Å². The predicted octanol–water partition coefficient (Wildman–Crippen LogP) is 9.66. The second-order valence-electron chi connectivity index (χ2n) is 14.5. The van der Waals surface area contributed by atoms with Crippen molar-refractivity contribution >= 4 is 60.6 Å². The molecule has 4 aromatic carbocycles. The summed E-state index contributed by atoms with van der Waals surface area (Å²) in [7, 11) is -5.85. The molecule has 308 valence electrons. The van der Waals surface area contributed by atoms with Crippen LogP contribution in [0, 0.1) is 17.4 Å². The van der Waals surface area contributed by atoms with Gasteiger partial charge in [-0.05, 0) is 24.3 Å². The van der Waals surface area contributed by atoms with E-state index in [1.54, 1.807) is 55.8 Å². The lowest BCUT2D eigenvalue weighted by molar-refractivity contribution is -0.125. The van der Waals surface area contributed by atoms with Crippen LogP contribution in [-0.4, -0.2) is 46.1 Å². The summed E-state index contributed by atoms with van der Waals surface area (Å²) in [5.41, 5.74) is -0.919. The number of benzene rings is 4. The molecule has 0 bridgehead atoms. The Morgan fingerprint density at radius 2 is 1.15 bits per heavy atom. The highest BCUT2D eigenvalue weighted by atomic mass is 32.2. The summed E-state index contributed by atoms with van der Waals surface area (Å²) in [6.45, 7) is 14.5. The van der Waals surface area contributed by atoms with Crippen LogP contribution < -0.4 is 24.3 Å². The summed E-state index contributed by atoms with van der Waals surface area (Å²) in [6.07, 6.45) is 0. The first kappa shape index (κ1) is 41.7. The normalized spacial score (nSPS) is 15.4. The van der Waals surface area contributed by atoms with Crippen molar-refractivity contribution < 1.29 is 44.8 Å². The van der Waals surface area contributed by atoms with E-state index >= 15 is 0 Å². The third-order valence-electron chi connectivity index (χ3n) is 9.90. The van der Waals surface area contributed by atoms with Crippen molar-refractivity contribution in [3.8, 4) is 28.7 Å². The largest absolute Gasteiger partial charge is 0.534 e. The second kappa shape index (κ2) is 16.0. The van der Waals surface area contributed by atoms with Gasteiger partial charge < -0.3 is 24.3 Å². The number of alkyl halides is 3. The fourth-order valence-corrected chi connectivity index (χ4v) is 8.30. The molecular weight excluding hydrogens is 844 g/mol. The molecule has 4 heterocycles. The van der Waals surface area contributed by atoms with Crippen LogP contribution in [0.1, 0.15) is 61.8 Å². The van der Waals surface area contributed by atoms with Gasteiger partial charge in [0.25, 0.3) is 0 Å². The minimum atomic E-state index is -5.85. The minimum Gasteiger partial charge on any atom is -0.458 e. The van der Waals surface area contributed by atoms with Crippen molar-refractivity contribution in [2.45, 2.75) is 45.0 Å². The Balaban J connectivity index is 0.000000185. The van der Waals surface area contributed by atoms with E-state index in [9.17, 15) is 31.2 Å². The van der Waals surface area contributed by atoms with Gasteiger partial charge in [-0.3, -0.25) is 9.59 Å². The summed E-state index contributed by atoms with van der Waals surface area (Å²) in [6, 6.07) is 23.5. The summed E-state index contributed by atoms with van der Waals surface area (Å²) in [5.74, 6) is -0.136. The number of para-hydroxylation sites is 2. The maximum Gasteiger partial charge on any atom is 0.534 e. The first-order valence-corrected chi connectivity index (χ1v) is 20.9. The molecule has 0 radical (unpaired) electrons. The van der Waals surface area contributed by atoms with E-state index in [0.29, 0.717) is 44.3 Å². The number of ether oxygens (including phenoxy) is 2. The third-order valence-corrected chi connectivity index (χ3v) is 12.1. The topological polar surface area (TPSA) is 176 Å². The van der Waals surface area contributed by atoms with Gasteiger partial charge in [-0.15, -0.1) is 20.4 Å². The van der Waals surface area contributed by atoms with Crippen LogP contribution >= 0.6 is 22.7 Å². The summed E-state index contributed by atoms with van der Waals surface area (Å²) in [5, 5.41) is 21.5. The monoisotopic (exact) mass is 875 g/mol. The van der Waals surface area contributed by atoms with Gasteiger partial charge in [-0.25, -0.2) is 4.85 Å². The molecule has 0 saturated carbocycles. The predicted molar refractivity (Wildman–Crippen MR) is 216 cm³/mol. The summed E-state index contributed by atoms with van der Waals surface area (Å²) < 4.78 is 77.1. The fraction of sp³-hybridized carbons (Fsp3) is 0.225. The molecule has 2 aromatic heterocycles. The number of nitrogens with one attached hydrogen (secondary N) is 2. The molecule has 2 amide bonds. The number of rotatable bonds is 8. The van der Waals surface area contributed by atoms with E-state index < -0.39 is 38.1 Å². The van der Waals surface area contributed by atoms with E-state index in [0.717, 1.165) is 34.6 Å². The number of nitrogens with zero attached hydrogens (tertiary/aromatic N) is 5. The number of aromatic nitrogens is 4. The zero-order chi connectivity index (χ0) is 43.0. The average molecular weight is 876 g/mol. The fourth-order valence-electron chi connectivity index (χ4n) is 6.97. The number of carbonyl (C=O) groups is 2. The van der Waals surface area contributed by atoms with E-state index in [-0.39, 0.29) is 23.5 Å². The average Bonchev–Trinajstić information content (AvgIpc) is 3.93. The van der Waals surface area contributed by atoms with Gasteiger partial charge in [0.05, 0.1) is 17.4 Å². The molecule has 60 heavy (non-hydrogen) atoms. The molecule has 0 unspecified atom stereocenters. The van der Waals surface area contributed by atoms with Crippen molar-refractivity contribution in [2.75, 3.05) is 10.6 Å². The smallest absolute Gasteiger partial charge is 0.458 e. The van der Waals surface area contributed by atoms with Gasteiger partial charge in [0, 0.05) is 40.2 Å². The Bertz CT molecular complexity index is 2740. The molecule has 2 N–H and O–H groups in total. The lowest BCUT2D eigenvalue weighted by Crippen LogP contribution is -2.38. The zero-order valence-electron chi connectivity index (χ0n) is 31.8. The second-order valence-corrected chi connectivity index (χ2v) is 17.7. The number of halogens is 3. The SMILES string of the molecule is CC(C)(C(=O)Nc1nncs1)[C@H]1c2ccccc2Oc2cc(OS(=O)(=O)C(F)(F)F)ccc21.[C-]#[N+]c1ccc2c(c1)Oc1ccccc1[C@@H]2C(C)(C)C(=O)Nc1nncs1. The van der Waals surface area contributed by atoms with Crippen LogP contribution in [0.5, 0.6) is 28.7 Å². The minimum absolute atomic E-state index is 0.0744. The van der Waals surface area contributed by atoms with Crippen LogP contribution in [-0.2, 0) is 19.7 Å². The number of hydrogen-bond donors (Lipinski definition) is 2. The molecule has 8 rings (SSSR count). The van der Waals surface area contributed by atoms with Crippen LogP contribution in [0.4, 0.5) is 29.1 Å². The Morgan fingerprint density at radius 3 is 1.60 bits per heavy atom. The number of anilines is 2. The lowest BCUT2D eigenvalue weighted by Gasteiger charge is -2.38. The van der Waals surface area contributed by atoms with Crippen LogP contribution in [0.2, 0.25) is 0 Å². The van der Waals surface area contributed by atoms with E-state index in [1.165, 1.54) is 22.9 Å². The van der Waals surface area contributed by atoms with Gasteiger partial charge in [-0.1, -0.05) is 105 Å². The van der Waals surface area contributed by atoms with Crippen molar-refractivity contribution in [2.24, 2.45) is 10.8 Å². The Morgan fingerprint density at radius 1 is 0.700 bits per heavy atom. The molecule has 20 heteroatoms. The van der Waals surface area contributed by atoms with Crippen LogP contribution in [0.3, 0.4) is 0 Å². The van der Waals surface area contributed by atoms with E-state index in [4.69, 9.17) is 16.0 Å². The number of hydrogen-bond acceptors (Lipinski definition) is 13. The molecular formula is C40H32F3N7O7S3. The highest BCUT2D eigenvalue weighted by Crippen LogP contribution is 2.54. The van der Waals surface area contributed by atoms with E-state index in [2.05, 4.69) is 40.1 Å². The molecule has 0 saturated heterocycles. The third kappa shape index (κ3) is 8.10. The van der Waals surface area contributed by atoms with Gasteiger partial charge in [-0.2, -0.15) is 21.6 Å². The van der Waals surface area contributed by atoms with Gasteiger partial charge in [0.2, 0.25) is 22.1 Å². The molecule has 0 aliphatic carbocycles. The summed E-state index contributed by atoms with van der Waals surface area (Å²) >= 11 is 2.43. The van der Waals surface area contributed by atoms with Crippen molar-refractivity contribution in [1.82, 2.24) is 20.4 Å². The molecule has 2 atom stereocenters. The van der Waals surface area contributed by atoms with Crippen LogP contribution in [0.25, 0.3) is 4.85 Å². The first-order valence-electron chi connectivity index (χ1n) is 17.8. The highest BCUT2D eigenvalue weighted by Gasteiger charge is 2.49. The molecule has 14 nitrogen and oxygen atoms in total. The molecule has 2 aliphatic rings. The van der Waals surface area contributed by atoms with Gasteiger partial charge in [0.15, 0.2) is 5.69 Å². The first-order chi connectivity index (χ1) is 28.4. The maximum absolute atomic E-state index is 13.2. The zero-order valence-corrected chi connectivity index (χ0v) is 34.3. The van der Waals surface area contributed by atoms with Gasteiger partial charge >= 0.3 is 15.6 Å². The van der Waals surface area contributed by atoms with Crippen LogP contribution in [0.15, 0.2) is 96.0 Å². The Kier molecular flexibility index (Phi) is 11.1. The number of fused-ring (bicyclic) bond motifs is 4.